The number of benzene rings is 1. The van der Waals surface area contributed by atoms with Crippen LogP contribution in [0.4, 0.5) is 0 Å². The Bertz CT molecular complexity index is 1000. The molecular formula is C23H27NO5S2. The van der Waals surface area contributed by atoms with Crippen LogP contribution in [0, 0.1) is 5.92 Å². The van der Waals surface area contributed by atoms with Crippen molar-refractivity contribution in [2.75, 3.05) is 13.2 Å². The van der Waals surface area contributed by atoms with Crippen LogP contribution in [0.15, 0.2) is 40.7 Å². The number of carbonyl (C=O) groups is 2. The van der Waals surface area contributed by atoms with Crippen molar-refractivity contribution in [3.05, 3.63) is 46.4 Å². The molecule has 1 aromatic heterocycles. The summed E-state index contributed by atoms with van der Waals surface area (Å²) < 4.78 is 30.4. The van der Waals surface area contributed by atoms with Crippen molar-refractivity contribution >= 4 is 32.7 Å². The van der Waals surface area contributed by atoms with Crippen LogP contribution in [0.1, 0.15) is 66.2 Å². The van der Waals surface area contributed by atoms with Gasteiger partial charge in [-0.3, -0.25) is 9.59 Å². The molecule has 1 unspecified atom stereocenters. The van der Waals surface area contributed by atoms with E-state index in [4.69, 9.17) is 4.74 Å². The molecule has 31 heavy (non-hydrogen) atoms. The van der Waals surface area contributed by atoms with Crippen LogP contribution in [-0.4, -0.2) is 43.4 Å². The van der Waals surface area contributed by atoms with Gasteiger partial charge in [0.15, 0.2) is 20.6 Å². The number of sulfone groups is 1. The topological polar surface area (TPSA) is 90.4 Å². The molecule has 4 rings (SSSR count). The molecule has 1 aliphatic heterocycles. The van der Waals surface area contributed by atoms with Gasteiger partial charge in [0.05, 0.1) is 10.1 Å². The lowest BCUT2D eigenvalue weighted by molar-refractivity contribution is -0.121. The lowest BCUT2D eigenvalue weighted by Gasteiger charge is -2.26. The molecule has 0 radical (unpaired) electrons. The summed E-state index contributed by atoms with van der Waals surface area (Å²) in [6.45, 7) is 1.40. The summed E-state index contributed by atoms with van der Waals surface area (Å²) in [5.74, 6) is -0.0506. The molecular weight excluding hydrogens is 434 g/mol. The summed E-state index contributed by atoms with van der Waals surface area (Å²) in [5.41, 5.74) is 0.827. The minimum absolute atomic E-state index is 0.0224. The van der Waals surface area contributed by atoms with Crippen LogP contribution in [0.25, 0.3) is 0 Å². The highest BCUT2D eigenvalue weighted by atomic mass is 32.2. The van der Waals surface area contributed by atoms with Gasteiger partial charge in [0.1, 0.15) is 5.78 Å². The lowest BCUT2D eigenvalue weighted by Crippen LogP contribution is -2.22. The number of aromatic nitrogens is 1. The van der Waals surface area contributed by atoms with E-state index in [1.54, 1.807) is 35.8 Å². The van der Waals surface area contributed by atoms with E-state index in [1.807, 2.05) is 0 Å². The van der Waals surface area contributed by atoms with Crippen LogP contribution >= 0.6 is 11.3 Å². The minimum Gasteiger partial charge on any atom is -0.381 e. The average Bonchev–Trinajstić information content (AvgIpc) is 3.52. The van der Waals surface area contributed by atoms with Gasteiger partial charge >= 0.3 is 0 Å². The van der Waals surface area contributed by atoms with Crippen LogP contribution in [-0.2, 0) is 19.4 Å². The molecule has 0 amide bonds. The Morgan fingerprint density at radius 3 is 2.39 bits per heavy atom. The van der Waals surface area contributed by atoms with Crippen LogP contribution in [0.2, 0.25) is 0 Å². The molecule has 8 heteroatoms. The fourth-order valence-corrected chi connectivity index (χ4v) is 6.37. The third-order valence-corrected chi connectivity index (χ3v) is 9.23. The van der Waals surface area contributed by atoms with Gasteiger partial charge < -0.3 is 4.74 Å². The van der Waals surface area contributed by atoms with E-state index in [2.05, 4.69) is 4.98 Å². The lowest BCUT2D eigenvalue weighted by atomic mass is 9.81. The third kappa shape index (κ3) is 5.48. The first-order valence-corrected chi connectivity index (χ1v) is 13.2. The predicted molar refractivity (Wildman–Crippen MR) is 118 cm³/mol. The van der Waals surface area contributed by atoms with E-state index in [0.717, 1.165) is 31.2 Å². The van der Waals surface area contributed by atoms with Crippen molar-refractivity contribution in [1.29, 1.82) is 0 Å². The van der Waals surface area contributed by atoms with Crippen molar-refractivity contribution in [2.24, 2.45) is 5.92 Å². The number of carbonyl (C=O) groups excluding carboxylic acids is 2. The van der Waals surface area contributed by atoms with Gasteiger partial charge in [-0.2, -0.15) is 0 Å². The molecule has 2 heterocycles. The van der Waals surface area contributed by atoms with Crippen molar-refractivity contribution in [2.45, 2.75) is 61.0 Å². The molecule has 0 spiro atoms. The van der Waals surface area contributed by atoms with Crippen molar-refractivity contribution < 1.29 is 22.7 Å². The van der Waals surface area contributed by atoms with Gasteiger partial charge in [0.25, 0.3) is 0 Å². The van der Waals surface area contributed by atoms with Crippen LogP contribution in [0.3, 0.4) is 0 Å². The third-order valence-electron chi connectivity index (χ3n) is 6.14. The fraction of sp³-hybridized carbons (Fsp3) is 0.522. The Morgan fingerprint density at radius 1 is 1.06 bits per heavy atom. The van der Waals surface area contributed by atoms with Crippen molar-refractivity contribution in [1.82, 2.24) is 4.98 Å². The van der Waals surface area contributed by atoms with E-state index in [-0.39, 0.29) is 35.6 Å². The van der Waals surface area contributed by atoms with Crippen molar-refractivity contribution in [3.8, 4) is 0 Å². The van der Waals surface area contributed by atoms with E-state index in [0.29, 0.717) is 35.5 Å². The first-order chi connectivity index (χ1) is 14.9. The van der Waals surface area contributed by atoms with Gasteiger partial charge in [-0.15, -0.1) is 11.3 Å². The van der Waals surface area contributed by atoms with E-state index in [1.165, 1.54) is 11.3 Å². The number of Topliss-reactive ketones (excluding diaryl/α,β-unsaturated/α-hetero) is 2. The molecule has 6 nitrogen and oxygen atoms in total. The largest absolute Gasteiger partial charge is 0.381 e. The molecule has 2 aliphatic rings. The first kappa shape index (κ1) is 22.3. The Kier molecular flexibility index (Phi) is 6.99. The highest BCUT2D eigenvalue weighted by molar-refractivity contribution is 7.92. The van der Waals surface area contributed by atoms with Crippen molar-refractivity contribution in [3.63, 3.8) is 0 Å². The Balaban J connectivity index is 1.49. The van der Waals surface area contributed by atoms with Gasteiger partial charge in [-0.05, 0) is 55.7 Å². The Hall–Kier alpha value is -1.90. The summed E-state index contributed by atoms with van der Waals surface area (Å²) in [7, 11) is -3.25. The molecule has 1 saturated carbocycles. The maximum absolute atomic E-state index is 13.2. The van der Waals surface area contributed by atoms with Gasteiger partial charge in [-0.1, -0.05) is 12.1 Å². The first-order valence-electron chi connectivity index (χ1n) is 10.8. The molecule has 0 N–H and O–H groups in total. The van der Waals surface area contributed by atoms with E-state index >= 15 is 0 Å². The number of nitrogens with zero attached hydrogens (tertiary/aromatic N) is 1. The zero-order chi connectivity index (χ0) is 21.8. The van der Waals surface area contributed by atoms with Gasteiger partial charge in [-0.25, -0.2) is 13.4 Å². The standard InChI is InChI=1S/C23H27NO5S2/c25-21(7-8-22(26)23-24-11-14-30-23)20(15-16-9-12-29-13-10-16)17-1-3-18(4-2-17)31(27,28)19-5-6-19/h1-4,11,14,16,19-20H,5-10,12-13,15H2. The monoisotopic (exact) mass is 461 g/mol. The normalized spacial score (nSPS) is 18.6. The number of rotatable bonds is 10. The smallest absolute Gasteiger partial charge is 0.191 e. The highest BCUT2D eigenvalue weighted by Crippen LogP contribution is 2.35. The summed E-state index contributed by atoms with van der Waals surface area (Å²) in [5, 5.41) is 1.93. The predicted octanol–water partition coefficient (Wildman–Crippen LogP) is 4.21. The fourth-order valence-electron chi connectivity index (χ4n) is 4.11. The van der Waals surface area contributed by atoms with Crippen LogP contribution in [0.5, 0.6) is 0 Å². The SMILES string of the molecule is O=C(CCC(=O)C(CC1CCOCC1)c1ccc(S(=O)(=O)C2CC2)cc1)c1nccs1. The van der Waals surface area contributed by atoms with Gasteiger partial charge in [0, 0.05) is 43.6 Å². The Labute approximate surface area is 187 Å². The molecule has 1 atom stereocenters. The molecule has 166 valence electrons. The second-order valence-electron chi connectivity index (χ2n) is 8.38. The summed E-state index contributed by atoms with van der Waals surface area (Å²) in [4.78, 5) is 29.8. The zero-order valence-electron chi connectivity index (χ0n) is 17.4. The second kappa shape index (κ2) is 9.71. The Morgan fingerprint density at radius 2 is 1.77 bits per heavy atom. The van der Waals surface area contributed by atoms with E-state index in [9.17, 15) is 18.0 Å². The summed E-state index contributed by atoms with van der Waals surface area (Å²) in [6, 6.07) is 6.82. The summed E-state index contributed by atoms with van der Waals surface area (Å²) in [6.07, 6.45) is 5.86. The second-order valence-corrected chi connectivity index (χ2v) is 11.5. The highest BCUT2D eigenvalue weighted by Gasteiger charge is 2.37. The average molecular weight is 462 g/mol. The zero-order valence-corrected chi connectivity index (χ0v) is 19.0. The number of thiazole rings is 1. The summed E-state index contributed by atoms with van der Waals surface area (Å²) >= 11 is 1.28. The molecule has 2 aromatic rings. The molecule has 0 bridgehead atoms. The quantitative estimate of drug-likeness (QED) is 0.492. The number of hydrogen-bond donors (Lipinski definition) is 0. The molecule has 1 aliphatic carbocycles. The molecule has 1 saturated heterocycles. The maximum Gasteiger partial charge on any atom is 0.191 e. The maximum atomic E-state index is 13.2. The molecule has 2 fully saturated rings. The molecule has 1 aromatic carbocycles. The minimum atomic E-state index is -3.25. The van der Waals surface area contributed by atoms with E-state index < -0.39 is 9.84 Å². The number of ether oxygens (including phenoxy) is 1. The number of hydrogen-bond acceptors (Lipinski definition) is 7. The van der Waals surface area contributed by atoms with Crippen LogP contribution < -0.4 is 0 Å². The number of ketones is 2. The van der Waals surface area contributed by atoms with Gasteiger partial charge in [0.2, 0.25) is 0 Å².